The molecule has 2 aromatic rings. The lowest BCUT2D eigenvalue weighted by Crippen LogP contribution is -2.28. The van der Waals surface area contributed by atoms with Crippen LogP contribution < -0.4 is 15.0 Å². The zero-order valence-corrected chi connectivity index (χ0v) is 15.5. The van der Waals surface area contributed by atoms with Crippen LogP contribution >= 0.6 is 11.3 Å². The molecule has 26 heavy (non-hydrogen) atoms. The van der Waals surface area contributed by atoms with E-state index in [0.29, 0.717) is 17.4 Å². The Kier molecular flexibility index (Phi) is 4.63. The Morgan fingerprint density at radius 3 is 3.00 bits per heavy atom. The predicted octanol–water partition coefficient (Wildman–Crippen LogP) is 3.02. The van der Waals surface area contributed by atoms with E-state index in [1.165, 1.54) is 11.3 Å². The highest BCUT2D eigenvalue weighted by atomic mass is 32.1. The fourth-order valence-corrected chi connectivity index (χ4v) is 4.58. The van der Waals surface area contributed by atoms with Gasteiger partial charge in [-0.25, -0.2) is 4.98 Å². The molecule has 2 heterocycles. The Morgan fingerprint density at radius 1 is 1.35 bits per heavy atom. The van der Waals surface area contributed by atoms with E-state index in [9.17, 15) is 9.59 Å². The predicted molar refractivity (Wildman–Crippen MR) is 101 cm³/mol. The molecule has 1 aromatic carbocycles. The van der Waals surface area contributed by atoms with Crippen molar-refractivity contribution in [3.63, 3.8) is 0 Å². The van der Waals surface area contributed by atoms with E-state index in [4.69, 9.17) is 4.74 Å². The van der Waals surface area contributed by atoms with Gasteiger partial charge >= 0.3 is 0 Å². The second kappa shape index (κ2) is 7.07. The van der Waals surface area contributed by atoms with Gasteiger partial charge in [-0.05, 0) is 37.8 Å². The van der Waals surface area contributed by atoms with Crippen molar-refractivity contribution in [3.8, 4) is 5.75 Å². The zero-order chi connectivity index (χ0) is 18.1. The highest BCUT2D eigenvalue weighted by molar-refractivity contribution is 7.15. The van der Waals surface area contributed by atoms with Crippen molar-refractivity contribution in [3.05, 3.63) is 34.8 Å². The molecule has 1 saturated heterocycles. The average molecular weight is 371 g/mol. The molecule has 0 bridgehead atoms. The summed E-state index contributed by atoms with van der Waals surface area (Å²) in [5, 5.41) is 3.58. The largest absolute Gasteiger partial charge is 0.497 e. The topological polar surface area (TPSA) is 71.5 Å². The molecule has 2 aliphatic rings. The number of ether oxygens (including phenoxy) is 1. The van der Waals surface area contributed by atoms with Crippen LogP contribution in [0.5, 0.6) is 5.75 Å². The monoisotopic (exact) mass is 371 g/mol. The molecule has 0 spiro atoms. The lowest BCUT2D eigenvalue weighted by atomic mass is 10.0. The highest BCUT2D eigenvalue weighted by Gasteiger charge is 2.35. The fraction of sp³-hybridized carbons (Fsp3) is 0.421. The van der Waals surface area contributed by atoms with Crippen LogP contribution in [0.1, 0.15) is 29.8 Å². The molecule has 0 radical (unpaired) electrons. The number of hydrogen-bond donors (Lipinski definition) is 1. The first kappa shape index (κ1) is 17.0. The minimum Gasteiger partial charge on any atom is -0.497 e. The molecule has 2 amide bonds. The number of nitrogens with one attached hydrogen (secondary N) is 1. The van der Waals surface area contributed by atoms with Crippen LogP contribution in [0, 0.1) is 5.92 Å². The van der Waals surface area contributed by atoms with Crippen molar-refractivity contribution < 1.29 is 14.3 Å². The fourth-order valence-electron chi connectivity index (χ4n) is 3.52. The number of carbonyl (C=O) groups excluding carboxylic acids is 2. The quantitative estimate of drug-likeness (QED) is 0.897. The Morgan fingerprint density at radius 2 is 2.19 bits per heavy atom. The Labute approximate surface area is 156 Å². The van der Waals surface area contributed by atoms with Crippen molar-refractivity contribution in [2.75, 3.05) is 23.9 Å². The van der Waals surface area contributed by atoms with Gasteiger partial charge in [0.25, 0.3) is 0 Å². The van der Waals surface area contributed by atoms with Crippen molar-refractivity contribution in [2.45, 2.75) is 32.1 Å². The van der Waals surface area contributed by atoms with Crippen LogP contribution in [-0.4, -0.2) is 30.5 Å². The molecular weight excluding hydrogens is 350 g/mol. The molecule has 6 nitrogen and oxygen atoms in total. The van der Waals surface area contributed by atoms with E-state index in [0.717, 1.165) is 30.6 Å². The first-order valence-electron chi connectivity index (χ1n) is 8.88. The van der Waals surface area contributed by atoms with Gasteiger partial charge in [0.2, 0.25) is 11.8 Å². The first-order chi connectivity index (χ1) is 12.6. The lowest BCUT2D eigenvalue weighted by molar-refractivity contribution is -0.122. The van der Waals surface area contributed by atoms with Gasteiger partial charge in [-0.1, -0.05) is 6.07 Å². The summed E-state index contributed by atoms with van der Waals surface area (Å²) in [4.78, 5) is 32.5. The van der Waals surface area contributed by atoms with E-state index < -0.39 is 0 Å². The van der Waals surface area contributed by atoms with Crippen molar-refractivity contribution >= 4 is 34.0 Å². The number of fused-ring (bicyclic) bond motifs is 1. The average Bonchev–Trinajstić information content (AvgIpc) is 3.24. The van der Waals surface area contributed by atoms with E-state index in [2.05, 4.69) is 10.3 Å². The molecule has 4 rings (SSSR count). The number of amides is 2. The second-order valence-corrected chi connectivity index (χ2v) is 7.78. The molecule has 1 atom stereocenters. The Bertz CT molecular complexity index is 825. The van der Waals surface area contributed by atoms with Gasteiger partial charge in [0.05, 0.1) is 18.7 Å². The Balaban J connectivity index is 1.44. The summed E-state index contributed by atoms with van der Waals surface area (Å²) in [6.45, 7) is 0.378. The van der Waals surface area contributed by atoms with E-state index >= 15 is 0 Å². The highest BCUT2D eigenvalue weighted by Crippen LogP contribution is 2.31. The lowest BCUT2D eigenvalue weighted by Gasteiger charge is -2.17. The molecule has 0 unspecified atom stereocenters. The molecule has 7 heteroatoms. The summed E-state index contributed by atoms with van der Waals surface area (Å²) >= 11 is 1.57. The zero-order valence-electron chi connectivity index (χ0n) is 14.7. The van der Waals surface area contributed by atoms with Crippen molar-refractivity contribution in [1.29, 1.82) is 0 Å². The normalized spacial score (nSPS) is 19.3. The first-order valence-corrected chi connectivity index (χ1v) is 9.69. The van der Waals surface area contributed by atoms with Gasteiger partial charge in [-0.2, -0.15) is 0 Å². The van der Waals surface area contributed by atoms with Gasteiger partial charge in [-0.15, -0.1) is 11.3 Å². The third-order valence-corrected chi connectivity index (χ3v) is 6.01. The van der Waals surface area contributed by atoms with Crippen LogP contribution in [0.15, 0.2) is 24.3 Å². The number of anilines is 2. The standard InChI is InChI=1S/C19H21N3O3S/c1-25-14-6-4-5-13(10-14)22-11-12(9-17(22)23)18(24)21-19-20-15-7-2-3-8-16(15)26-19/h4-6,10,12H,2-3,7-9,11H2,1H3,(H,20,21,24)/t12-/m1/s1. The van der Waals surface area contributed by atoms with E-state index in [1.807, 2.05) is 24.3 Å². The smallest absolute Gasteiger partial charge is 0.231 e. The van der Waals surface area contributed by atoms with Crippen molar-refractivity contribution in [2.24, 2.45) is 5.92 Å². The second-order valence-electron chi connectivity index (χ2n) is 6.69. The molecule has 1 fully saturated rings. The SMILES string of the molecule is COc1cccc(N2C[C@H](C(=O)Nc3nc4c(s3)CCCC4)CC2=O)c1. The summed E-state index contributed by atoms with van der Waals surface area (Å²) in [7, 11) is 1.59. The van der Waals surface area contributed by atoms with Gasteiger partial charge in [-0.3, -0.25) is 9.59 Å². The van der Waals surface area contributed by atoms with E-state index in [-0.39, 0.29) is 24.2 Å². The number of nitrogens with zero attached hydrogens (tertiary/aromatic N) is 2. The minimum atomic E-state index is -0.366. The molecule has 1 aliphatic carbocycles. The van der Waals surface area contributed by atoms with E-state index in [1.54, 1.807) is 23.3 Å². The van der Waals surface area contributed by atoms with Crippen LogP contribution in [0.4, 0.5) is 10.8 Å². The number of methoxy groups -OCH3 is 1. The third kappa shape index (κ3) is 3.31. The summed E-state index contributed by atoms with van der Waals surface area (Å²) < 4.78 is 5.22. The summed E-state index contributed by atoms with van der Waals surface area (Å²) in [5.41, 5.74) is 1.88. The van der Waals surface area contributed by atoms with Gasteiger partial charge in [0, 0.05) is 29.6 Å². The van der Waals surface area contributed by atoms with Gasteiger partial charge in [0.1, 0.15) is 5.75 Å². The summed E-state index contributed by atoms with van der Waals surface area (Å²) in [6, 6.07) is 7.34. The molecular formula is C19H21N3O3S. The Hall–Kier alpha value is -2.41. The van der Waals surface area contributed by atoms with Crippen molar-refractivity contribution in [1.82, 2.24) is 4.98 Å². The maximum Gasteiger partial charge on any atom is 0.231 e. The summed E-state index contributed by atoms with van der Waals surface area (Å²) in [6.07, 6.45) is 4.61. The maximum absolute atomic E-state index is 12.6. The number of hydrogen-bond acceptors (Lipinski definition) is 5. The number of rotatable bonds is 4. The van der Waals surface area contributed by atoms with Gasteiger partial charge < -0.3 is 15.0 Å². The third-order valence-electron chi connectivity index (χ3n) is 4.94. The number of aryl methyl sites for hydroxylation is 2. The maximum atomic E-state index is 12.6. The van der Waals surface area contributed by atoms with Crippen LogP contribution in [0.2, 0.25) is 0 Å². The van der Waals surface area contributed by atoms with Crippen LogP contribution in [-0.2, 0) is 22.4 Å². The molecule has 1 N–H and O–H groups in total. The van der Waals surface area contributed by atoms with Gasteiger partial charge in [0.15, 0.2) is 5.13 Å². The number of benzene rings is 1. The number of aromatic nitrogens is 1. The number of thiazole rings is 1. The van der Waals surface area contributed by atoms with Crippen LogP contribution in [0.25, 0.3) is 0 Å². The molecule has 1 aliphatic heterocycles. The summed E-state index contributed by atoms with van der Waals surface area (Å²) in [5.74, 6) is 0.151. The minimum absolute atomic E-state index is 0.0446. The molecule has 0 saturated carbocycles. The molecule has 1 aromatic heterocycles. The van der Waals surface area contributed by atoms with Crippen LogP contribution in [0.3, 0.4) is 0 Å². The molecule has 136 valence electrons. The number of carbonyl (C=O) groups is 2.